The Morgan fingerprint density at radius 1 is 1.12 bits per heavy atom. The fraction of sp³-hybridized carbons (Fsp3) is 0.105. The molecule has 2 N–H and O–H groups in total. The van der Waals surface area contributed by atoms with Crippen molar-refractivity contribution in [2.75, 3.05) is 20.0 Å². The first-order chi connectivity index (χ1) is 11.6. The molecule has 0 fully saturated rings. The van der Waals surface area contributed by atoms with Crippen LogP contribution < -0.4 is 15.2 Å². The van der Waals surface area contributed by atoms with E-state index in [4.69, 9.17) is 19.6 Å². The fourth-order valence-electron chi connectivity index (χ4n) is 2.52. The van der Waals surface area contributed by atoms with Gasteiger partial charge in [0.25, 0.3) is 0 Å². The van der Waals surface area contributed by atoms with Crippen LogP contribution >= 0.6 is 0 Å². The van der Waals surface area contributed by atoms with Gasteiger partial charge in [-0.3, -0.25) is 4.79 Å². The molecule has 5 nitrogen and oxygen atoms in total. The Bertz CT molecular complexity index is 907. The highest BCUT2D eigenvalue weighted by atomic mass is 16.5. The van der Waals surface area contributed by atoms with Gasteiger partial charge in [0.1, 0.15) is 5.75 Å². The number of nitrogens with two attached hydrogens (primary N) is 1. The second-order valence-corrected chi connectivity index (χ2v) is 5.18. The van der Waals surface area contributed by atoms with Gasteiger partial charge in [-0.2, -0.15) is 0 Å². The standard InChI is InChI=1S/C19H17NO4/c1-22-17-11-13(18(23-2)15-9-10-24-19(15)17)5-8-16(21)12-3-6-14(20)7-4-12/h3-11H,20H2,1-2H3/b8-5+. The lowest BCUT2D eigenvalue weighted by Crippen LogP contribution is -1.96. The Hall–Kier alpha value is -3.21. The van der Waals surface area contributed by atoms with Gasteiger partial charge in [-0.25, -0.2) is 0 Å². The number of benzene rings is 2. The number of ether oxygens (including phenoxy) is 2. The van der Waals surface area contributed by atoms with Crippen LogP contribution in [0.3, 0.4) is 0 Å². The maximum absolute atomic E-state index is 12.3. The van der Waals surface area contributed by atoms with Crippen molar-refractivity contribution in [3.63, 3.8) is 0 Å². The number of fused-ring (bicyclic) bond motifs is 1. The van der Waals surface area contributed by atoms with Crippen LogP contribution in [0.25, 0.3) is 17.0 Å². The van der Waals surface area contributed by atoms with Gasteiger partial charge < -0.3 is 19.6 Å². The van der Waals surface area contributed by atoms with E-state index in [9.17, 15) is 4.79 Å². The average Bonchev–Trinajstić information content (AvgIpc) is 3.08. The summed E-state index contributed by atoms with van der Waals surface area (Å²) >= 11 is 0. The van der Waals surface area contributed by atoms with E-state index in [1.807, 2.05) is 0 Å². The van der Waals surface area contributed by atoms with E-state index in [1.54, 1.807) is 63.0 Å². The van der Waals surface area contributed by atoms with Gasteiger partial charge >= 0.3 is 0 Å². The third kappa shape index (κ3) is 2.84. The summed E-state index contributed by atoms with van der Waals surface area (Å²) in [4.78, 5) is 12.3. The van der Waals surface area contributed by atoms with E-state index < -0.39 is 0 Å². The number of hydrogen-bond acceptors (Lipinski definition) is 5. The number of hydrogen-bond donors (Lipinski definition) is 1. The molecule has 3 rings (SSSR count). The summed E-state index contributed by atoms with van der Waals surface area (Å²) in [6.45, 7) is 0. The Morgan fingerprint density at radius 2 is 1.88 bits per heavy atom. The normalized spacial score (nSPS) is 11.1. The van der Waals surface area contributed by atoms with E-state index >= 15 is 0 Å². The third-order valence-electron chi connectivity index (χ3n) is 3.72. The van der Waals surface area contributed by atoms with Gasteiger partial charge in [0.2, 0.25) is 0 Å². The average molecular weight is 323 g/mol. The molecule has 0 aliphatic carbocycles. The molecule has 0 unspecified atom stereocenters. The summed E-state index contributed by atoms with van der Waals surface area (Å²) in [5.74, 6) is 1.08. The highest BCUT2D eigenvalue weighted by Gasteiger charge is 2.14. The molecule has 1 heterocycles. The van der Waals surface area contributed by atoms with Crippen LogP contribution in [0.2, 0.25) is 0 Å². The molecule has 0 radical (unpaired) electrons. The molecule has 2 aromatic carbocycles. The monoisotopic (exact) mass is 323 g/mol. The topological polar surface area (TPSA) is 74.7 Å². The molecule has 0 aliphatic rings. The van der Waals surface area contributed by atoms with Crippen molar-refractivity contribution < 1.29 is 18.7 Å². The predicted octanol–water partition coefficient (Wildman–Crippen LogP) is 3.93. The van der Waals surface area contributed by atoms with E-state index in [0.717, 1.165) is 10.9 Å². The molecule has 0 amide bonds. The molecule has 0 aliphatic heterocycles. The fourth-order valence-corrected chi connectivity index (χ4v) is 2.52. The van der Waals surface area contributed by atoms with Crippen molar-refractivity contribution in [3.8, 4) is 11.5 Å². The molecule has 5 heteroatoms. The number of carbonyl (C=O) groups excluding carboxylic acids is 1. The summed E-state index contributed by atoms with van der Waals surface area (Å²) in [5.41, 5.74) is 8.16. The first-order valence-electron chi connectivity index (χ1n) is 7.34. The maximum Gasteiger partial charge on any atom is 0.185 e. The number of furan rings is 1. The molecular weight excluding hydrogens is 306 g/mol. The lowest BCUT2D eigenvalue weighted by molar-refractivity contribution is 0.104. The van der Waals surface area contributed by atoms with Crippen molar-refractivity contribution in [1.82, 2.24) is 0 Å². The van der Waals surface area contributed by atoms with E-state index in [1.165, 1.54) is 6.08 Å². The van der Waals surface area contributed by atoms with Gasteiger partial charge in [-0.1, -0.05) is 0 Å². The first-order valence-corrected chi connectivity index (χ1v) is 7.34. The van der Waals surface area contributed by atoms with Crippen LogP contribution in [0.5, 0.6) is 11.5 Å². The van der Waals surface area contributed by atoms with Crippen LogP contribution in [-0.2, 0) is 0 Å². The maximum atomic E-state index is 12.3. The van der Waals surface area contributed by atoms with Crippen LogP contribution in [0, 0.1) is 0 Å². The van der Waals surface area contributed by atoms with Gasteiger partial charge in [-0.15, -0.1) is 0 Å². The van der Waals surface area contributed by atoms with Crippen LogP contribution in [0.1, 0.15) is 15.9 Å². The van der Waals surface area contributed by atoms with Crippen molar-refractivity contribution in [2.45, 2.75) is 0 Å². The lowest BCUT2D eigenvalue weighted by Gasteiger charge is -2.09. The van der Waals surface area contributed by atoms with Gasteiger partial charge in [0.15, 0.2) is 17.1 Å². The Morgan fingerprint density at radius 3 is 2.54 bits per heavy atom. The number of methoxy groups -OCH3 is 2. The molecule has 122 valence electrons. The second-order valence-electron chi connectivity index (χ2n) is 5.18. The van der Waals surface area contributed by atoms with E-state index in [0.29, 0.717) is 28.3 Å². The Labute approximate surface area is 139 Å². The van der Waals surface area contributed by atoms with Crippen molar-refractivity contribution >= 4 is 28.5 Å². The zero-order chi connectivity index (χ0) is 17.1. The van der Waals surface area contributed by atoms with Gasteiger partial charge in [0.05, 0.1) is 25.9 Å². The molecule has 0 atom stereocenters. The molecule has 0 bridgehead atoms. The van der Waals surface area contributed by atoms with Gasteiger partial charge in [-0.05, 0) is 48.6 Å². The highest BCUT2D eigenvalue weighted by Crippen LogP contribution is 2.38. The first kappa shape index (κ1) is 15.7. The minimum absolute atomic E-state index is 0.122. The molecule has 0 saturated carbocycles. The smallest absolute Gasteiger partial charge is 0.185 e. The van der Waals surface area contributed by atoms with Crippen LogP contribution in [0.4, 0.5) is 5.69 Å². The Balaban J connectivity index is 1.99. The molecule has 1 aromatic heterocycles. The number of ketones is 1. The largest absolute Gasteiger partial charge is 0.495 e. The molecule has 0 saturated heterocycles. The Kier molecular flexibility index (Phi) is 4.24. The molecule has 3 aromatic rings. The van der Waals surface area contributed by atoms with E-state index in [-0.39, 0.29) is 5.78 Å². The minimum Gasteiger partial charge on any atom is -0.495 e. The number of carbonyl (C=O) groups is 1. The van der Waals surface area contributed by atoms with E-state index in [2.05, 4.69) is 0 Å². The lowest BCUT2D eigenvalue weighted by atomic mass is 10.1. The summed E-state index contributed by atoms with van der Waals surface area (Å²) in [6.07, 6.45) is 4.77. The number of anilines is 1. The summed E-state index contributed by atoms with van der Waals surface area (Å²) in [6, 6.07) is 10.4. The number of nitrogen functional groups attached to an aromatic ring is 1. The summed E-state index contributed by atoms with van der Waals surface area (Å²) in [5, 5.41) is 0.788. The highest BCUT2D eigenvalue weighted by molar-refractivity contribution is 6.07. The van der Waals surface area contributed by atoms with Crippen LogP contribution in [0.15, 0.2) is 53.2 Å². The summed E-state index contributed by atoms with van der Waals surface area (Å²) < 4.78 is 16.3. The zero-order valence-electron chi connectivity index (χ0n) is 13.4. The molecule has 24 heavy (non-hydrogen) atoms. The minimum atomic E-state index is -0.122. The zero-order valence-corrected chi connectivity index (χ0v) is 13.4. The van der Waals surface area contributed by atoms with Crippen molar-refractivity contribution in [3.05, 3.63) is 59.9 Å². The van der Waals surface area contributed by atoms with Crippen molar-refractivity contribution in [2.24, 2.45) is 0 Å². The van der Waals surface area contributed by atoms with Gasteiger partial charge in [0, 0.05) is 16.8 Å². The predicted molar refractivity (Wildman–Crippen MR) is 93.5 cm³/mol. The SMILES string of the molecule is COc1c(/C=C/C(=O)c2ccc(N)cc2)cc(OC)c2occc12. The second kappa shape index (κ2) is 6.50. The summed E-state index contributed by atoms with van der Waals surface area (Å²) in [7, 11) is 3.14. The third-order valence-corrected chi connectivity index (χ3v) is 3.72. The molecular formula is C19H17NO4. The number of allylic oxidation sites excluding steroid dienone is 1. The molecule has 0 spiro atoms. The van der Waals surface area contributed by atoms with Crippen LogP contribution in [-0.4, -0.2) is 20.0 Å². The van der Waals surface area contributed by atoms with Crippen molar-refractivity contribution in [1.29, 1.82) is 0 Å². The quantitative estimate of drug-likeness (QED) is 0.437. The number of rotatable bonds is 5.